The van der Waals surface area contributed by atoms with Gasteiger partial charge in [0.05, 0.1) is 20.8 Å². The van der Waals surface area contributed by atoms with Crippen LogP contribution in [0.1, 0.15) is 36.3 Å². The van der Waals surface area contributed by atoms with Crippen molar-refractivity contribution in [1.29, 1.82) is 0 Å². The maximum Gasteiger partial charge on any atom is 0.330 e. The topological polar surface area (TPSA) is 118 Å². The van der Waals surface area contributed by atoms with E-state index in [0.717, 1.165) is 16.7 Å². The second-order valence-corrected chi connectivity index (χ2v) is 9.85. The van der Waals surface area contributed by atoms with Crippen molar-refractivity contribution >= 4 is 5.97 Å². The number of aromatic amines is 1. The Morgan fingerprint density at radius 3 is 1.98 bits per heavy atom. The molecule has 218 valence electrons. The highest BCUT2D eigenvalue weighted by Gasteiger charge is 2.43. The fourth-order valence-electron chi connectivity index (χ4n) is 5.29. The van der Waals surface area contributed by atoms with Gasteiger partial charge in [0.15, 0.2) is 0 Å². The van der Waals surface area contributed by atoms with Crippen molar-refractivity contribution in [2.24, 2.45) is 0 Å². The Bertz CT molecular complexity index is 1570. The maximum absolute atomic E-state index is 12.5. The van der Waals surface area contributed by atoms with Crippen LogP contribution >= 0.6 is 0 Å². The van der Waals surface area contributed by atoms with Crippen molar-refractivity contribution < 1.29 is 28.5 Å². The van der Waals surface area contributed by atoms with Gasteiger partial charge in [0.2, 0.25) is 0 Å². The average Bonchev–Trinajstić information content (AvgIpc) is 3.40. The molecule has 4 aromatic rings. The molecule has 1 saturated heterocycles. The monoisotopic (exact) mass is 572 g/mol. The summed E-state index contributed by atoms with van der Waals surface area (Å²) in [5, 5.41) is 0. The Morgan fingerprint density at radius 2 is 1.45 bits per heavy atom. The van der Waals surface area contributed by atoms with Crippen LogP contribution in [0.5, 0.6) is 11.5 Å². The lowest BCUT2D eigenvalue weighted by Crippen LogP contribution is -2.39. The van der Waals surface area contributed by atoms with E-state index in [9.17, 15) is 14.4 Å². The van der Waals surface area contributed by atoms with Crippen LogP contribution in [0.4, 0.5) is 0 Å². The first-order valence-corrected chi connectivity index (χ1v) is 13.5. The van der Waals surface area contributed by atoms with Gasteiger partial charge in [-0.2, -0.15) is 0 Å². The molecule has 0 amide bonds. The van der Waals surface area contributed by atoms with Gasteiger partial charge in [-0.3, -0.25) is 19.1 Å². The van der Waals surface area contributed by atoms with Crippen molar-refractivity contribution in [2.75, 3.05) is 20.8 Å². The second-order valence-electron chi connectivity index (χ2n) is 9.85. The summed E-state index contributed by atoms with van der Waals surface area (Å²) in [6.07, 6.45) is -0.643. The van der Waals surface area contributed by atoms with Crippen molar-refractivity contribution in [3.05, 3.63) is 129 Å². The smallest absolute Gasteiger partial charge is 0.330 e. The highest BCUT2D eigenvalue weighted by molar-refractivity contribution is 5.66. The van der Waals surface area contributed by atoms with Crippen LogP contribution in [0.15, 0.2) is 101 Å². The quantitative estimate of drug-likeness (QED) is 0.225. The molecule has 0 aliphatic carbocycles. The SMILES string of the molecule is COc1ccc(C(OCC2OC(n3ccc(=O)[nH]c3=O)CC2OC(C)=O)(c2ccccc2)c2ccc(OC)cc2)cc1. The molecule has 0 bridgehead atoms. The molecule has 3 unspecified atom stereocenters. The normalized spacial score (nSPS) is 18.4. The number of benzene rings is 3. The van der Waals surface area contributed by atoms with Gasteiger partial charge < -0.3 is 23.7 Å². The number of ether oxygens (including phenoxy) is 5. The number of nitrogens with one attached hydrogen (secondary N) is 1. The third-order valence-corrected chi connectivity index (χ3v) is 7.30. The zero-order chi connectivity index (χ0) is 29.7. The molecule has 0 saturated carbocycles. The minimum absolute atomic E-state index is 0.000493. The number of esters is 1. The lowest BCUT2D eigenvalue weighted by Gasteiger charge is -2.37. The lowest BCUT2D eigenvalue weighted by molar-refractivity contribution is -0.153. The Balaban J connectivity index is 1.57. The van der Waals surface area contributed by atoms with E-state index in [1.807, 2.05) is 78.9 Å². The van der Waals surface area contributed by atoms with Gasteiger partial charge in [-0.25, -0.2) is 4.79 Å². The largest absolute Gasteiger partial charge is 0.497 e. The Labute approximate surface area is 242 Å². The number of carbonyl (C=O) groups excluding carboxylic acids is 1. The molecule has 0 radical (unpaired) electrons. The maximum atomic E-state index is 12.5. The molecule has 3 aromatic carbocycles. The van der Waals surface area contributed by atoms with Crippen LogP contribution in [0.25, 0.3) is 0 Å². The van der Waals surface area contributed by atoms with Crippen LogP contribution < -0.4 is 20.7 Å². The van der Waals surface area contributed by atoms with Crippen molar-refractivity contribution in [3.8, 4) is 11.5 Å². The third kappa shape index (κ3) is 5.86. The molecule has 5 rings (SSSR count). The molecule has 1 aromatic heterocycles. The highest BCUT2D eigenvalue weighted by Crippen LogP contribution is 2.43. The van der Waals surface area contributed by atoms with E-state index in [-0.39, 0.29) is 13.0 Å². The molecule has 10 nitrogen and oxygen atoms in total. The van der Waals surface area contributed by atoms with Gasteiger partial charge in [-0.15, -0.1) is 0 Å². The van der Waals surface area contributed by atoms with Crippen molar-refractivity contribution in [2.45, 2.75) is 37.4 Å². The van der Waals surface area contributed by atoms with Gasteiger partial charge in [-0.1, -0.05) is 54.6 Å². The summed E-state index contributed by atoms with van der Waals surface area (Å²) >= 11 is 0. The number of methoxy groups -OCH3 is 2. The average molecular weight is 573 g/mol. The van der Waals surface area contributed by atoms with E-state index in [1.165, 1.54) is 23.8 Å². The van der Waals surface area contributed by atoms with E-state index in [0.29, 0.717) is 11.5 Å². The summed E-state index contributed by atoms with van der Waals surface area (Å²) in [5.41, 5.74) is 0.264. The summed E-state index contributed by atoms with van der Waals surface area (Å²) < 4.78 is 30.9. The fraction of sp³-hybridized carbons (Fsp3) is 0.281. The van der Waals surface area contributed by atoms with Crippen LogP contribution in [0, 0.1) is 0 Å². The molecule has 1 aliphatic rings. The first kappa shape index (κ1) is 28.8. The minimum Gasteiger partial charge on any atom is -0.497 e. The first-order valence-electron chi connectivity index (χ1n) is 13.5. The van der Waals surface area contributed by atoms with Gasteiger partial charge >= 0.3 is 11.7 Å². The zero-order valence-corrected chi connectivity index (χ0v) is 23.5. The van der Waals surface area contributed by atoms with E-state index in [4.69, 9.17) is 23.7 Å². The number of hydrogen-bond acceptors (Lipinski definition) is 8. The first-order chi connectivity index (χ1) is 20.3. The second kappa shape index (κ2) is 12.5. The molecule has 1 N–H and O–H groups in total. The van der Waals surface area contributed by atoms with Gasteiger partial charge in [0.1, 0.15) is 35.5 Å². The summed E-state index contributed by atoms with van der Waals surface area (Å²) in [6, 6.07) is 26.2. The van der Waals surface area contributed by atoms with Crippen LogP contribution in [0.3, 0.4) is 0 Å². The van der Waals surface area contributed by atoms with Gasteiger partial charge in [-0.05, 0) is 41.0 Å². The number of H-pyrrole nitrogens is 1. The standard InChI is InChI=1S/C32H32N2O8/c1-21(35)41-27-19-30(34-18-17-29(36)33-31(34)37)42-28(27)20-40-32(22-7-5-4-6-8-22,23-9-13-25(38-2)14-10-23)24-11-15-26(39-3)16-12-24/h4-18,27-28,30H,19-20H2,1-3H3,(H,33,36,37). The number of carbonyl (C=O) groups is 1. The van der Waals surface area contributed by atoms with Crippen molar-refractivity contribution in [3.63, 3.8) is 0 Å². The molecule has 2 heterocycles. The molecule has 3 atom stereocenters. The number of nitrogens with zero attached hydrogens (tertiary/aromatic N) is 1. The number of rotatable bonds is 10. The third-order valence-electron chi connectivity index (χ3n) is 7.30. The van der Waals surface area contributed by atoms with Gasteiger partial charge in [0, 0.05) is 25.6 Å². The molecular formula is C32H32N2O8. The van der Waals surface area contributed by atoms with E-state index < -0.39 is 41.3 Å². The zero-order valence-electron chi connectivity index (χ0n) is 23.5. The summed E-state index contributed by atoms with van der Waals surface area (Å²) in [5.74, 6) is 0.903. The predicted molar refractivity (Wildman–Crippen MR) is 154 cm³/mol. The predicted octanol–water partition coefficient (Wildman–Crippen LogP) is 3.78. The van der Waals surface area contributed by atoms with Gasteiger partial charge in [0.25, 0.3) is 5.56 Å². The van der Waals surface area contributed by atoms with Crippen LogP contribution in [0.2, 0.25) is 0 Å². The molecule has 1 fully saturated rings. The molecule has 10 heteroatoms. The lowest BCUT2D eigenvalue weighted by atomic mass is 9.80. The number of hydrogen-bond donors (Lipinski definition) is 1. The summed E-state index contributed by atoms with van der Waals surface area (Å²) in [6.45, 7) is 1.32. The van der Waals surface area contributed by atoms with Crippen LogP contribution in [-0.4, -0.2) is 48.6 Å². The Hall–Kier alpha value is -4.67. The number of aromatic nitrogens is 2. The summed E-state index contributed by atoms with van der Waals surface area (Å²) in [4.78, 5) is 38.4. The minimum atomic E-state index is -1.11. The Morgan fingerprint density at radius 1 is 0.881 bits per heavy atom. The van der Waals surface area contributed by atoms with E-state index >= 15 is 0 Å². The molecule has 0 spiro atoms. The van der Waals surface area contributed by atoms with Crippen molar-refractivity contribution in [1.82, 2.24) is 9.55 Å². The van der Waals surface area contributed by atoms with E-state index in [1.54, 1.807) is 14.2 Å². The highest BCUT2D eigenvalue weighted by atomic mass is 16.6. The van der Waals surface area contributed by atoms with Crippen LogP contribution in [-0.2, 0) is 24.6 Å². The Kier molecular flexibility index (Phi) is 8.56. The fourth-order valence-corrected chi connectivity index (χ4v) is 5.29. The van der Waals surface area contributed by atoms with E-state index in [2.05, 4.69) is 4.98 Å². The molecule has 42 heavy (non-hydrogen) atoms. The summed E-state index contributed by atoms with van der Waals surface area (Å²) in [7, 11) is 3.21. The molecular weight excluding hydrogens is 540 g/mol. The molecule has 1 aliphatic heterocycles.